The lowest BCUT2D eigenvalue weighted by molar-refractivity contribution is -0.913. The minimum absolute atomic E-state index is 0. The van der Waals surface area contributed by atoms with Crippen LogP contribution in [0.5, 0.6) is 0 Å². The van der Waals surface area contributed by atoms with Crippen LogP contribution >= 0.6 is 0 Å². The lowest BCUT2D eigenvalue weighted by Crippen LogP contribution is -3.00. The van der Waals surface area contributed by atoms with E-state index in [1.54, 1.807) is 58.2 Å². The summed E-state index contributed by atoms with van der Waals surface area (Å²) in [6.07, 6.45) is 6.89. The van der Waals surface area contributed by atoms with Gasteiger partial charge in [0.15, 0.2) is 24.8 Å². The highest BCUT2D eigenvalue weighted by atomic mass is 127. The second-order valence-electron chi connectivity index (χ2n) is 4.08. The van der Waals surface area contributed by atoms with Crippen LogP contribution in [-0.4, -0.2) is 11.8 Å². The van der Waals surface area contributed by atoms with Crippen molar-refractivity contribution in [2.24, 2.45) is 11.5 Å². The Morgan fingerprint density at radius 1 is 0.900 bits per heavy atom. The molecule has 0 radical (unpaired) electrons. The van der Waals surface area contributed by atoms with Gasteiger partial charge in [-0.2, -0.15) is 0 Å². The van der Waals surface area contributed by atoms with Gasteiger partial charge in [-0.05, 0) is 12.1 Å². The topological polar surface area (TPSA) is 93.9 Å². The van der Waals surface area contributed by atoms with Gasteiger partial charge in [0.1, 0.15) is 11.1 Å². The van der Waals surface area contributed by atoms with E-state index in [4.69, 9.17) is 11.5 Å². The molecule has 0 fully saturated rings. The second kappa shape index (κ2) is 6.94. The number of nitrogens with two attached hydrogens (primary N) is 2. The van der Waals surface area contributed by atoms with Crippen molar-refractivity contribution in [1.29, 1.82) is 0 Å². The fourth-order valence-electron chi connectivity index (χ4n) is 1.70. The maximum atomic E-state index is 11.1. The van der Waals surface area contributed by atoms with Gasteiger partial charge in [0, 0.05) is 12.1 Å². The van der Waals surface area contributed by atoms with Gasteiger partial charge < -0.3 is 35.4 Å². The molecule has 0 aromatic carbocycles. The van der Waals surface area contributed by atoms with Gasteiger partial charge in [0.05, 0.1) is 0 Å². The van der Waals surface area contributed by atoms with Crippen LogP contribution in [0.1, 0.15) is 20.7 Å². The third-order valence-electron chi connectivity index (χ3n) is 2.61. The highest BCUT2D eigenvalue weighted by Crippen LogP contribution is 1.93. The smallest absolute Gasteiger partial charge is 0.343 e. The molecule has 2 rings (SSSR count). The molecule has 0 aliphatic heterocycles. The van der Waals surface area contributed by atoms with Crippen LogP contribution in [0.4, 0.5) is 0 Å². The quantitative estimate of drug-likeness (QED) is 0.415. The first kappa shape index (κ1) is 16.0. The van der Waals surface area contributed by atoms with Gasteiger partial charge in [-0.1, -0.05) is 0 Å². The standard InChI is InChI=1S/C13H12N4O2.HI/c14-12(18)10-3-1-5-16(7-10)9-17-6-2-4-11(8-17)13(15)19;/h1-8H,9H2,(H2-2,14,15,18,19);1H/p+1. The van der Waals surface area contributed by atoms with Crippen molar-refractivity contribution in [2.75, 3.05) is 0 Å². The minimum atomic E-state index is -0.481. The minimum Gasteiger partial charge on any atom is -1.00 e. The van der Waals surface area contributed by atoms with Gasteiger partial charge >= 0.3 is 6.67 Å². The first-order valence-corrected chi connectivity index (χ1v) is 5.64. The van der Waals surface area contributed by atoms with Crippen molar-refractivity contribution in [1.82, 2.24) is 0 Å². The molecular weight excluding hydrogens is 371 g/mol. The number of hydrogen-bond donors (Lipinski definition) is 2. The molecule has 0 bridgehead atoms. The molecule has 104 valence electrons. The average molecular weight is 385 g/mol. The monoisotopic (exact) mass is 385 g/mol. The van der Waals surface area contributed by atoms with Crippen molar-refractivity contribution < 1.29 is 42.7 Å². The van der Waals surface area contributed by atoms with Crippen molar-refractivity contribution in [3.63, 3.8) is 0 Å². The number of rotatable bonds is 4. The lowest BCUT2D eigenvalue weighted by atomic mass is 10.2. The van der Waals surface area contributed by atoms with Crippen LogP contribution in [0.15, 0.2) is 49.1 Å². The molecule has 0 unspecified atom stereocenters. The highest BCUT2D eigenvalue weighted by molar-refractivity contribution is 5.92. The Morgan fingerprint density at radius 3 is 1.65 bits per heavy atom. The summed E-state index contributed by atoms with van der Waals surface area (Å²) in [5, 5.41) is 0. The predicted octanol–water partition coefficient (Wildman–Crippen LogP) is -4.03. The van der Waals surface area contributed by atoms with E-state index in [0.717, 1.165) is 0 Å². The van der Waals surface area contributed by atoms with E-state index in [1.165, 1.54) is 0 Å². The zero-order valence-corrected chi connectivity index (χ0v) is 12.7. The van der Waals surface area contributed by atoms with E-state index >= 15 is 0 Å². The molecule has 2 heterocycles. The first-order chi connectivity index (χ1) is 9.06. The van der Waals surface area contributed by atoms with Gasteiger partial charge in [-0.15, -0.1) is 9.13 Å². The Balaban J connectivity index is 0.00000200. The Hall–Kier alpha value is -2.03. The Morgan fingerprint density at radius 2 is 1.30 bits per heavy atom. The molecule has 7 heteroatoms. The Bertz CT molecular complexity index is 590. The van der Waals surface area contributed by atoms with Gasteiger partial charge in [0.2, 0.25) is 0 Å². The summed E-state index contributed by atoms with van der Waals surface area (Å²) in [4.78, 5) is 22.2. The number of pyridine rings is 2. The molecule has 2 aromatic rings. The third kappa shape index (κ3) is 3.98. The number of primary amides is 2. The van der Waals surface area contributed by atoms with Crippen molar-refractivity contribution in [3.8, 4) is 0 Å². The molecular formula is C13H14IN4O2+. The Labute approximate surface area is 133 Å². The van der Waals surface area contributed by atoms with E-state index in [-0.39, 0.29) is 24.0 Å². The molecule has 4 N–H and O–H groups in total. The zero-order valence-electron chi connectivity index (χ0n) is 10.6. The maximum Gasteiger partial charge on any atom is 0.343 e. The zero-order chi connectivity index (χ0) is 13.8. The third-order valence-corrected chi connectivity index (χ3v) is 2.61. The molecule has 2 amide bonds. The van der Waals surface area contributed by atoms with Crippen LogP contribution in [0.2, 0.25) is 0 Å². The van der Waals surface area contributed by atoms with Crippen LogP contribution in [0.25, 0.3) is 0 Å². The molecule has 0 aliphatic carbocycles. The largest absolute Gasteiger partial charge is 1.00 e. The molecule has 20 heavy (non-hydrogen) atoms. The number of nitrogens with zero attached hydrogens (tertiary/aromatic N) is 2. The summed E-state index contributed by atoms with van der Waals surface area (Å²) in [5.41, 5.74) is 11.3. The molecule has 0 spiro atoms. The van der Waals surface area contributed by atoms with Crippen LogP contribution in [0.3, 0.4) is 0 Å². The SMILES string of the molecule is NC(=O)c1ccc[n+](C[n+]2cccc(C(N)=O)c2)c1.[I-]. The van der Waals surface area contributed by atoms with Gasteiger partial charge in [0.25, 0.3) is 11.8 Å². The van der Waals surface area contributed by atoms with E-state index in [1.807, 2.05) is 0 Å². The molecule has 0 saturated heterocycles. The fourth-order valence-corrected chi connectivity index (χ4v) is 1.70. The van der Waals surface area contributed by atoms with E-state index in [2.05, 4.69) is 0 Å². The molecule has 0 saturated carbocycles. The van der Waals surface area contributed by atoms with E-state index < -0.39 is 11.8 Å². The van der Waals surface area contributed by atoms with Crippen molar-refractivity contribution >= 4 is 11.8 Å². The molecule has 2 aromatic heterocycles. The van der Waals surface area contributed by atoms with Crippen molar-refractivity contribution in [3.05, 3.63) is 60.2 Å². The second-order valence-corrected chi connectivity index (χ2v) is 4.08. The van der Waals surface area contributed by atoms with Crippen LogP contribution in [0, 0.1) is 0 Å². The average Bonchev–Trinajstić information content (AvgIpc) is 2.39. The summed E-state index contributed by atoms with van der Waals surface area (Å²) >= 11 is 0. The first-order valence-electron chi connectivity index (χ1n) is 5.64. The summed E-state index contributed by atoms with van der Waals surface area (Å²) in [6, 6.07) is 6.75. The van der Waals surface area contributed by atoms with E-state index in [9.17, 15) is 9.59 Å². The predicted molar refractivity (Wildman–Crippen MR) is 65.7 cm³/mol. The lowest BCUT2D eigenvalue weighted by Gasteiger charge is -1.97. The summed E-state index contributed by atoms with van der Waals surface area (Å²) in [7, 11) is 0. The molecule has 0 atom stereocenters. The van der Waals surface area contributed by atoms with Crippen molar-refractivity contribution in [2.45, 2.75) is 6.67 Å². The number of carbonyl (C=O) groups excluding carboxylic acids is 2. The number of hydrogen-bond acceptors (Lipinski definition) is 2. The normalized spacial score (nSPS) is 9.60. The highest BCUT2D eigenvalue weighted by Gasteiger charge is 2.13. The molecule has 6 nitrogen and oxygen atoms in total. The van der Waals surface area contributed by atoms with Crippen LogP contribution < -0.4 is 44.6 Å². The maximum absolute atomic E-state index is 11.1. The summed E-state index contributed by atoms with van der Waals surface area (Å²) in [6.45, 7) is 0.447. The van der Waals surface area contributed by atoms with Crippen LogP contribution in [-0.2, 0) is 6.67 Å². The number of carbonyl (C=O) groups is 2. The Kier molecular flexibility index (Phi) is 5.56. The van der Waals surface area contributed by atoms with Gasteiger partial charge in [-0.3, -0.25) is 9.59 Å². The van der Waals surface area contributed by atoms with E-state index in [0.29, 0.717) is 17.8 Å². The number of halogens is 1. The number of amides is 2. The van der Waals surface area contributed by atoms with Gasteiger partial charge in [-0.25, -0.2) is 0 Å². The molecule has 0 aliphatic rings. The fraction of sp³-hybridized carbons (Fsp3) is 0.0769. The number of aromatic nitrogens is 2. The summed E-state index contributed by atoms with van der Waals surface area (Å²) < 4.78 is 3.57. The summed E-state index contributed by atoms with van der Waals surface area (Å²) in [5.74, 6) is -0.963.